The van der Waals surface area contributed by atoms with E-state index in [0.717, 1.165) is 12.0 Å². The average molecular weight is 307 g/mol. The lowest BCUT2D eigenvalue weighted by molar-refractivity contribution is 0.219. The molecule has 2 rings (SSSR count). The first-order chi connectivity index (χ1) is 9.85. The standard InChI is InChI=1S/C18H20ClFO/c1-4-18(2,3)14-8-5-12(6-9-14)17(21)13-7-10-15(19)16(20)11-13/h5-11,17,21H,4H2,1-3H3. The third kappa shape index (κ3) is 3.45. The summed E-state index contributed by atoms with van der Waals surface area (Å²) in [7, 11) is 0. The van der Waals surface area contributed by atoms with Gasteiger partial charge in [-0.25, -0.2) is 4.39 Å². The van der Waals surface area contributed by atoms with Crippen molar-refractivity contribution in [3.8, 4) is 0 Å². The highest BCUT2D eigenvalue weighted by molar-refractivity contribution is 6.30. The minimum absolute atomic E-state index is 0.0611. The van der Waals surface area contributed by atoms with Gasteiger partial charge < -0.3 is 5.11 Å². The van der Waals surface area contributed by atoms with E-state index in [4.69, 9.17) is 11.6 Å². The van der Waals surface area contributed by atoms with Crippen molar-refractivity contribution in [3.05, 3.63) is 70.0 Å². The lowest BCUT2D eigenvalue weighted by atomic mass is 9.82. The molecule has 0 aliphatic heterocycles. The van der Waals surface area contributed by atoms with E-state index >= 15 is 0 Å². The molecule has 0 amide bonds. The Kier molecular flexibility index (Phi) is 4.70. The topological polar surface area (TPSA) is 20.2 Å². The van der Waals surface area contributed by atoms with Gasteiger partial charge in [-0.3, -0.25) is 0 Å². The van der Waals surface area contributed by atoms with Gasteiger partial charge in [-0.2, -0.15) is 0 Å². The van der Waals surface area contributed by atoms with Gasteiger partial charge in [0, 0.05) is 0 Å². The van der Waals surface area contributed by atoms with E-state index in [1.54, 1.807) is 6.07 Å². The molecule has 0 aliphatic rings. The number of hydrogen-bond donors (Lipinski definition) is 1. The molecule has 0 saturated carbocycles. The highest BCUT2D eigenvalue weighted by Gasteiger charge is 2.19. The maximum Gasteiger partial charge on any atom is 0.142 e. The fourth-order valence-corrected chi connectivity index (χ4v) is 2.31. The summed E-state index contributed by atoms with van der Waals surface area (Å²) in [6.45, 7) is 6.53. The van der Waals surface area contributed by atoms with E-state index in [1.807, 2.05) is 24.3 Å². The van der Waals surface area contributed by atoms with Crippen molar-refractivity contribution >= 4 is 11.6 Å². The normalized spacial score (nSPS) is 13.2. The molecular formula is C18H20ClFO. The van der Waals surface area contributed by atoms with Gasteiger partial charge in [0.25, 0.3) is 0 Å². The first-order valence-electron chi connectivity index (χ1n) is 7.08. The second-order valence-corrected chi connectivity index (χ2v) is 6.34. The van der Waals surface area contributed by atoms with E-state index in [1.165, 1.54) is 17.7 Å². The van der Waals surface area contributed by atoms with Crippen LogP contribution in [0.1, 0.15) is 50.0 Å². The SMILES string of the molecule is CCC(C)(C)c1ccc(C(O)c2ccc(Cl)c(F)c2)cc1. The van der Waals surface area contributed by atoms with Gasteiger partial charge in [-0.1, -0.05) is 62.7 Å². The number of halogens is 2. The van der Waals surface area contributed by atoms with Crippen LogP contribution in [-0.2, 0) is 5.41 Å². The smallest absolute Gasteiger partial charge is 0.142 e. The third-order valence-corrected chi connectivity index (χ3v) is 4.46. The second-order valence-electron chi connectivity index (χ2n) is 5.94. The molecule has 2 aromatic carbocycles. The summed E-state index contributed by atoms with van der Waals surface area (Å²) < 4.78 is 13.5. The molecule has 0 bridgehead atoms. The molecule has 1 unspecified atom stereocenters. The van der Waals surface area contributed by atoms with Crippen LogP contribution >= 0.6 is 11.6 Å². The van der Waals surface area contributed by atoms with Gasteiger partial charge in [0.15, 0.2) is 0 Å². The van der Waals surface area contributed by atoms with Crippen molar-refractivity contribution in [1.82, 2.24) is 0 Å². The Balaban J connectivity index is 2.27. The molecule has 1 atom stereocenters. The zero-order chi connectivity index (χ0) is 15.6. The van der Waals surface area contributed by atoms with Gasteiger partial charge in [-0.05, 0) is 40.7 Å². The maximum absolute atomic E-state index is 13.5. The first kappa shape index (κ1) is 16.0. The summed E-state index contributed by atoms with van der Waals surface area (Å²) in [5.41, 5.74) is 2.57. The molecule has 0 aromatic heterocycles. The Morgan fingerprint density at radius 2 is 1.67 bits per heavy atom. The summed E-state index contributed by atoms with van der Waals surface area (Å²) in [5, 5.41) is 10.4. The Morgan fingerprint density at radius 3 is 2.19 bits per heavy atom. The van der Waals surface area contributed by atoms with E-state index in [2.05, 4.69) is 20.8 Å². The number of rotatable bonds is 4. The van der Waals surface area contributed by atoms with Crippen LogP contribution in [0.3, 0.4) is 0 Å². The van der Waals surface area contributed by atoms with E-state index in [-0.39, 0.29) is 10.4 Å². The zero-order valence-electron chi connectivity index (χ0n) is 12.5. The lowest BCUT2D eigenvalue weighted by Crippen LogP contribution is -2.15. The summed E-state index contributed by atoms with van der Waals surface area (Å²) in [6, 6.07) is 12.2. The van der Waals surface area contributed by atoms with Crippen LogP contribution in [0.25, 0.3) is 0 Å². The fraction of sp³-hybridized carbons (Fsp3) is 0.333. The van der Waals surface area contributed by atoms with Gasteiger partial charge in [0.2, 0.25) is 0 Å². The maximum atomic E-state index is 13.5. The molecule has 0 fully saturated rings. The highest BCUT2D eigenvalue weighted by Crippen LogP contribution is 2.30. The van der Waals surface area contributed by atoms with Gasteiger partial charge >= 0.3 is 0 Å². The lowest BCUT2D eigenvalue weighted by Gasteiger charge is -2.24. The molecular weight excluding hydrogens is 287 g/mol. The fourth-order valence-electron chi connectivity index (χ4n) is 2.20. The molecule has 0 heterocycles. The molecule has 0 radical (unpaired) electrons. The zero-order valence-corrected chi connectivity index (χ0v) is 13.3. The van der Waals surface area contributed by atoms with Crippen LogP contribution in [0.2, 0.25) is 5.02 Å². The van der Waals surface area contributed by atoms with E-state index in [9.17, 15) is 9.50 Å². The Bertz CT molecular complexity index is 620. The van der Waals surface area contributed by atoms with E-state index in [0.29, 0.717) is 5.56 Å². The number of hydrogen-bond acceptors (Lipinski definition) is 1. The monoisotopic (exact) mass is 306 g/mol. The third-order valence-electron chi connectivity index (χ3n) is 4.15. The first-order valence-corrected chi connectivity index (χ1v) is 7.46. The Hall–Kier alpha value is -1.38. The highest BCUT2D eigenvalue weighted by atomic mass is 35.5. The van der Waals surface area contributed by atoms with Crippen LogP contribution in [-0.4, -0.2) is 5.11 Å². The molecule has 0 aliphatic carbocycles. The molecule has 3 heteroatoms. The number of benzene rings is 2. The second kappa shape index (κ2) is 6.17. The number of aliphatic hydroxyl groups excluding tert-OH is 1. The molecule has 0 saturated heterocycles. The quantitative estimate of drug-likeness (QED) is 0.818. The number of aliphatic hydroxyl groups is 1. The molecule has 21 heavy (non-hydrogen) atoms. The van der Waals surface area contributed by atoms with Crippen molar-refractivity contribution in [2.75, 3.05) is 0 Å². The van der Waals surface area contributed by atoms with Crippen molar-refractivity contribution < 1.29 is 9.50 Å². The Labute approximate surface area is 130 Å². The molecule has 1 N–H and O–H groups in total. The molecule has 1 nitrogen and oxygen atoms in total. The summed E-state index contributed by atoms with van der Waals surface area (Å²) >= 11 is 5.66. The molecule has 0 spiro atoms. The van der Waals surface area contributed by atoms with Crippen molar-refractivity contribution in [2.45, 2.75) is 38.7 Å². The minimum atomic E-state index is -0.851. The van der Waals surface area contributed by atoms with Gasteiger partial charge in [0.1, 0.15) is 11.9 Å². The predicted octanol–water partition coefficient (Wildman–Crippen LogP) is 5.25. The molecule has 112 valence electrons. The van der Waals surface area contributed by atoms with Crippen LogP contribution in [0.15, 0.2) is 42.5 Å². The minimum Gasteiger partial charge on any atom is -0.384 e. The Morgan fingerprint density at radius 1 is 1.10 bits per heavy atom. The van der Waals surface area contributed by atoms with E-state index < -0.39 is 11.9 Å². The summed E-state index contributed by atoms with van der Waals surface area (Å²) in [5.74, 6) is -0.517. The van der Waals surface area contributed by atoms with Crippen molar-refractivity contribution in [3.63, 3.8) is 0 Å². The van der Waals surface area contributed by atoms with Crippen molar-refractivity contribution in [2.24, 2.45) is 0 Å². The summed E-state index contributed by atoms with van der Waals surface area (Å²) in [4.78, 5) is 0. The molecule has 2 aromatic rings. The van der Waals surface area contributed by atoms with Crippen LogP contribution in [0, 0.1) is 5.82 Å². The van der Waals surface area contributed by atoms with Gasteiger partial charge in [-0.15, -0.1) is 0 Å². The van der Waals surface area contributed by atoms with Crippen LogP contribution in [0.4, 0.5) is 4.39 Å². The largest absolute Gasteiger partial charge is 0.384 e. The predicted molar refractivity (Wildman–Crippen MR) is 85.2 cm³/mol. The average Bonchev–Trinajstić information content (AvgIpc) is 2.49. The van der Waals surface area contributed by atoms with Gasteiger partial charge in [0.05, 0.1) is 5.02 Å². The summed E-state index contributed by atoms with van der Waals surface area (Å²) in [6.07, 6.45) is 0.188. The van der Waals surface area contributed by atoms with Crippen molar-refractivity contribution in [1.29, 1.82) is 0 Å². The van der Waals surface area contributed by atoms with Crippen LogP contribution < -0.4 is 0 Å². The van der Waals surface area contributed by atoms with Crippen LogP contribution in [0.5, 0.6) is 0 Å².